The molecular weight excluding hydrogens is 388 g/mol. The molecule has 2 heteroatoms. The van der Waals surface area contributed by atoms with E-state index in [2.05, 4.69) is 75.4 Å². The first-order chi connectivity index (χ1) is 15.7. The lowest BCUT2D eigenvalue weighted by Crippen LogP contribution is -2.03. The minimum absolute atomic E-state index is 0.903. The van der Waals surface area contributed by atoms with Crippen molar-refractivity contribution < 1.29 is 4.70 Å². The first kappa shape index (κ1) is 24.2. The van der Waals surface area contributed by atoms with E-state index in [1.54, 1.807) is 0 Å². The van der Waals surface area contributed by atoms with Gasteiger partial charge in [0, 0.05) is 22.8 Å². The molecule has 1 heterocycles. The summed E-state index contributed by atoms with van der Waals surface area (Å²) in [5.41, 5.74) is 19.4. The summed E-state index contributed by atoms with van der Waals surface area (Å²) in [4.78, 5) is 0. The van der Waals surface area contributed by atoms with E-state index < -0.39 is 0 Å². The van der Waals surface area contributed by atoms with Crippen LogP contribution in [0.3, 0.4) is 0 Å². The lowest BCUT2D eigenvalue weighted by atomic mass is 9.99. The maximum atomic E-state index is 11.3. The van der Waals surface area contributed by atoms with Crippen LogP contribution in [-0.2, 0) is 12.8 Å². The highest BCUT2D eigenvalue weighted by Gasteiger charge is 2.28. The van der Waals surface area contributed by atoms with Crippen LogP contribution in [0.4, 0.5) is 0 Å². The van der Waals surface area contributed by atoms with Crippen LogP contribution in [0.15, 0.2) is 60.2 Å². The topological polar surface area (TPSA) is 25.3 Å². The zero-order chi connectivity index (χ0) is 22.8. The average molecular weight is 429 g/mol. The summed E-state index contributed by atoms with van der Waals surface area (Å²) in [5.74, 6) is 0. The first-order valence-electron chi connectivity index (χ1n) is 12.8. The zero-order valence-corrected chi connectivity index (χ0v) is 20.4. The van der Waals surface area contributed by atoms with Gasteiger partial charge in [-0.15, -0.1) is 0 Å². The van der Waals surface area contributed by atoms with Crippen molar-refractivity contribution in [2.75, 3.05) is 0 Å². The maximum absolute atomic E-state index is 11.3. The van der Waals surface area contributed by atoms with E-state index in [-0.39, 0.29) is 0 Å². The second-order valence-electron chi connectivity index (χ2n) is 9.13. The molecule has 2 nitrogen and oxygen atoms in total. The molecule has 0 atom stereocenters. The third-order valence-corrected chi connectivity index (χ3v) is 6.42. The van der Waals surface area contributed by atoms with E-state index in [0.29, 0.717) is 0 Å². The molecule has 3 rings (SSSR count). The van der Waals surface area contributed by atoms with Crippen molar-refractivity contribution in [3.63, 3.8) is 0 Å². The van der Waals surface area contributed by atoms with Crippen molar-refractivity contribution in [3.8, 4) is 0 Å². The van der Waals surface area contributed by atoms with Crippen molar-refractivity contribution in [1.29, 1.82) is 0 Å². The summed E-state index contributed by atoms with van der Waals surface area (Å²) in [6, 6.07) is 17.5. The van der Waals surface area contributed by atoms with Crippen molar-refractivity contribution in [2.24, 2.45) is 0 Å². The molecule has 2 aromatic carbocycles. The van der Waals surface area contributed by atoms with Crippen LogP contribution in [0.5, 0.6) is 0 Å². The number of hydrogen-bond donors (Lipinski definition) is 0. The summed E-state index contributed by atoms with van der Waals surface area (Å²) >= 11 is 0. The predicted molar refractivity (Wildman–Crippen MR) is 137 cm³/mol. The lowest BCUT2D eigenvalue weighted by Gasteiger charge is -2.11. The van der Waals surface area contributed by atoms with E-state index in [1.807, 2.05) is 0 Å². The third-order valence-electron chi connectivity index (χ3n) is 6.42. The molecule has 170 valence electrons. The van der Waals surface area contributed by atoms with Crippen LogP contribution in [0.25, 0.3) is 16.9 Å². The fourth-order valence-electron chi connectivity index (χ4n) is 4.54. The summed E-state index contributed by atoms with van der Waals surface area (Å²) in [5, 5.41) is 0. The van der Waals surface area contributed by atoms with Crippen LogP contribution < -0.4 is 0 Å². The van der Waals surface area contributed by atoms with Gasteiger partial charge in [-0.25, -0.2) is 4.70 Å². The van der Waals surface area contributed by atoms with Gasteiger partial charge >= 0.3 is 0 Å². The molecule has 1 aliphatic heterocycles. The summed E-state index contributed by atoms with van der Waals surface area (Å²) in [6.07, 6.45) is 15.1. The molecule has 0 amide bonds. The largest absolute Gasteiger partial charge is 0.493 e. The molecule has 0 N–H and O–H groups in total. The minimum atomic E-state index is 0.903. The Bertz CT molecular complexity index is 964. The fraction of sp³-hybridized carbons (Fsp3) is 0.467. The second-order valence-corrected chi connectivity index (χ2v) is 9.13. The van der Waals surface area contributed by atoms with Gasteiger partial charge in [0.15, 0.2) is 0 Å². The Morgan fingerprint density at radius 3 is 1.81 bits per heavy atom. The first-order valence-corrected chi connectivity index (χ1v) is 12.8. The van der Waals surface area contributed by atoms with Crippen LogP contribution in [-0.4, -0.2) is 4.70 Å². The van der Waals surface area contributed by atoms with E-state index in [1.165, 1.54) is 59.9 Å². The SMILES string of the molecule is CCCCCc1cccc(C2=CC(CCCC)=C(c3cccc(CCCCC)c3)[N+]2=[N-])c1. The van der Waals surface area contributed by atoms with E-state index in [4.69, 9.17) is 0 Å². The molecule has 0 saturated carbocycles. The number of aryl methyl sites for hydroxylation is 2. The van der Waals surface area contributed by atoms with E-state index >= 15 is 0 Å². The molecule has 0 radical (unpaired) electrons. The second kappa shape index (κ2) is 12.5. The molecule has 0 saturated heterocycles. The number of unbranched alkanes of at least 4 members (excludes halogenated alkanes) is 5. The van der Waals surface area contributed by atoms with Gasteiger partial charge in [0.05, 0.1) is 0 Å². The Morgan fingerprint density at radius 1 is 0.656 bits per heavy atom. The summed E-state index contributed by atoms with van der Waals surface area (Å²) in [7, 11) is 0. The Kier molecular flexibility index (Phi) is 9.46. The lowest BCUT2D eigenvalue weighted by molar-refractivity contribution is -0.344. The molecule has 32 heavy (non-hydrogen) atoms. The van der Waals surface area contributed by atoms with Crippen LogP contribution in [0.2, 0.25) is 0 Å². The highest BCUT2D eigenvalue weighted by atomic mass is 15.2. The highest BCUT2D eigenvalue weighted by Crippen LogP contribution is 2.37. The van der Waals surface area contributed by atoms with E-state index in [9.17, 15) is 5.53 Å². The average Bonchev–Trinajstić information content (AvgIpc) is 3.14. The highest BCUT2D eigenvalue weighted by molar-refractivity contribution is 5.78. The number of rotatable bonds is 13. The van der Waals surface area contributed by atoms with Gasteiger partial charge < -0.3 is 5.53 Å². The minimum Gasteiger partial charge on any atom is -0.493 e. The number of nitrogens with zero attached hydrogens (tertiary/aromatic N) is 2. The van der Waals surface area contributed by atoms with Crippen LogP contribution >= 0.6 is 0 Å². The number of benzene rings is 2. The Hall–Kier alpha value is -2.48. The van der Waals surface area contributed by atoms with Crippen LogP contribution in [0, 0.1) is 0 Å². The number of allylic oxidation sites excluding steroid dienone is 2. The summed E-state index contributed by atoms with van der Waals surface area (Å²) < 4.78 is 1.45. The van der Waals surface area contributed by atoms with E-state index in [0.717, 1.165) is 54.6 Å². The monoisotopic (exact) mass is 428 g/mol. The van der Waals surface area contributed by atoms with Crippen molar-refractivity contribution in [1.82, 2.24) is 0 Å². The Labute approximate surface area is 195 Å². The standard InChI is InChI=1S/C30H40N2/c1-4-7-10-14-24-16-12-19-26(21-24)29-23-28(18-9-6-3)30(32(29)31)27-20-13-17-25(22-27)15-11-8-5-2/h12-13,16-17,19-23H,4-11,14-15,18H2,1-3H3. The quantitative estimate of drug-likeness (QED) is 0.224. The molecule has 2 aromatic rings. The van der Waals surface area contributed by atoms with Gasteiger partial charge in [-0.05, 0) is 73.9 Å². The van der Waals surface area contributed by atoms with Crippen molar-refractivity contribution in [2.45, 2.75) is 91.4 Å². The van der Waals surface area contributed by atoms with Gasteiger partial charge in [0.25, 0.3) is 0 Å². The molecule has 0 aromatic heterocycles. The van der Waals surface area contributed by atoms with Crippen LogP contribution in [0.1, 0.15) is 101 Å². The Morgan fingerprint density at radius 2 is 1.22 bits per heavy atom. The molecular formula is C30H40N2. The molecule has 0 spiro atoms. The molecule has 0 aliphatic carbocycles. The van der Waals surface area contributed by atoms with Gasteiger partial charge in [-0.1, -0.05) is 77.1 Å². The van der Waals surface area contributed by atoms with Gasteiger partial charge in [-0.2, -0.15) is 0 Å². The normalized spacial score (nSPS) is 13.7. The predicted octanol–water partition coefficient (Wildman–Crippen LogP) is 9.14. The maximum Gasteiger partial charge on any atom is 0.210 e. The molecule has 0 bridgehead atoms. The third kappa shape index (κ3) is 6.28. The smallest absolute Gasteiger partial charge is 0.210 e. The number of hydrogen-bond acceptors (Lipinski definition) is 0. The molecule has 0 unspecified atom stereocenters. The van der Waals surface area contributed by atoms with Crippen molar-refractivity contribution >= 4 is 11.4 Å². The molecule has 1 aliphatic rings. The van der Waals surface area contributed by atoms with Gasteiger partial charge in [0.2, 0.25) is 11.4 Å². The van der Waals surface area contributed by atoms with Gasteiger partial charge in [0.1, 0.15) is 0 Å². The Balaban J connectivity index is 1.87. The summed E-state index contributed by atoms with van der Waals surface area (Å²) in [6.45, 7) is 6.72. The zero-order valence-electron chi connectivity index (χ0n) is 20.4. The van der Waals surface area contributed by atoms with Gasteiger partial charge in [-0.3, -0.25) is 0 Å². The molecule has 0 fully saturated rings. The fourth-order valence-corrected chi connectivity index (χ4v) is 4.54. The van der Waals surface area contributed by atoms with Crippen molar-refractivity contribution in [3.05, 3.63) is 88.0 Å².